The molecular weight excluding hydrogens is 548 g/mol. The number of rotatable bonds is 10. The van der Waals surface area contributed by atoms with Crippen LogP contribution < -0.4 is 4.74 Å². The van der Waals surface area contributed by atoms with Crippen LogP contribution in [0.1, 0.15) is 102 Å². The zero-order valence-electron chi connectivity index (χ0n) is 27.8. The molecule has 0 radical (unpaired) electrons. The van der Waals surface area contributed by atoms with Crippen LogP contribution in [0.3, 0.4) is 0 Å². The molecule has 2 aliphatic heterocycles. The molecular formula is C38H58N2O4. The van der Waals surface area contributed by atoms with Crippen molar-refractivity contribution in [2.75, 3.05) is 59.6 Å². The Labute approximate surface area is 266 Å². The minimum Gasteiger partial charge on any atom is -0.497 e. The van der Waals surface area contributed by atoms with Crippen LogP contribution in [0.2, 0.25) is 0 Å². The first kappa shape index (κ1) is 31.2. The summed E-state index contributed by atoms with van der Waals surface area (Å²) >= 11 is 0. The maximum absolute atomic E-state index is 13.0. The number of hydrogen-bond donors (Lipinski definition) is 1. The van der Waals surface area contributed by atoms with Gasteiger partial charge in [-0.1, -0.05) is 37.6 Å². The van der Waals surface area contributed by atoms with Crippen molar-refractivity contribution in [2.24, 2.45) is 22.7 Å². The number of ether oxygens (including phenoxy) is 3. The first-order valence-corrected chi connectivity index (χ1v) is 18.1. The van der Waals surface area contributed by atoms with Crippen molar-refractivity contribution in [3.8, 4) is 5.75 Å². The van der Waals surface area contributed by atoms with Gasteiger partial charge in [0.05, 0.1) is 25.9 Å². The number of nitrogens with zero attached hydrogens (tertiary/aromatic N) is 2. The standard InChI is InChI=1S/C38H58N2O4/c1-35-19-16-33-34(37(35,41)20-17-32(35)29-10-13-31(42-3)14-11-29)15-12-30-9-8-18-38(36(30,33)2,43-27-25-39-21-4-5-22-39)44-28-26-40-23-6-7-24-40/h10-14,32-34,41H,4-9,15-28H2,1-3H3/t32-,33-,34+,35+,36-,37-/m0/s1. The molecule has 244 valence electrons. The number of benzene rings is 1. The Morgan fingerprint density at radius 1 is 0.795 bits per heavy atom. The summed E-state index contributed by atoms with van der Waals surface area (Å²) in [5.74, 6) is 1.21. The summed E-state index contributed by atoms with van der Waals surface area (Å²) in [7, 11) is 1.73. The lowest BCUT2D eigenvalue weighted by atomic mass is 9.44. The van der Waals surface area contributed by atoms with Gasteiger partial charge in [0, 0.05) is 30.3 Å². The summed E-state index contributed by atoms with van der Waals surface area (Å²) in [6.45, 7) is 13.1. The summed E-state index contributed by atoms with van der Waals surface area (Å²) in [6.07, 6.45) is 16.0. The molecule has 3 saturated carbocycles. The third kappa shape index (κ3) is 5.01. The quantitative estimate of drug-likeness (QED) is 0.234. The highest BCUT2D eigenvalue weighted by Crippen LogP contribution is 2.71. The third-order valence-electron chi connectivity index (χ3n) is 13.8. The molecule has 0 amide bonds. The maximum atomic E-state index is 13.0. The van der Waals surface area contributed by atoms with E-state index in [1.54, 1.807) is 12.7 Å². The van der Waals surface area contributed by atoms with Crippen molar-refractivity contribution in [1.29, 1.82) is 0 Å². The van der Waals surface area contributed by atoms with Gasteiger partial charge in [0.1, 0.15) is 5.75 Å². The fourth-order valence-corrected chi connectivity index (χ4v) is 11.2. The lowest BCUT2D eigenvalue weighted by molar-refractivity contribution is -0.325. The zero-order valence-corrected chi connectivity index (χ0v) is 27.8. The van der Waals surface area contributed by atoms with Crippen molar-refractivity contribution in [3.05, 3.63) is 41.5 Å². The van der Waals surface area contributed by atoms with Gasteiger partial charge in [0.25, 0.3) is 0 Å². The normalized spacial score (nSPS) is 38.6. The molecule has 1 aromatic rings. The Bertz CT molecular complexity index is 1150. The predicted octanol–water partition coefficient (Wildman–Crippen LogP) is 6.78. The molecule has 44 heavy (non-hydrogen) atoms. The van der Waals surface area contributed by atoms with Crippen molar-refractivity contribution < 1.29 is 19.3 Å². The van der Waals surface area contributed by atoms with Crippen molar-refractivity contribution in [2.45, 2.75) is 108 Å². The smallest absolute Gasteiger partial charge is 0.177 e. The van der Waals surface area contributed by atoms with Gasteiger partial charge >= 0.3 is 0 Å². The van der Waals surface area contributed by atoms with Gasteiger partial charge in [0.15, 0.2) is 5.79 Å². The fraction of sp³-hybridized carbons (Fsp3) is 0.789. The molecule has 6 atom stereocenters. The van der Waals surface area contributed by atoms with E-state index in [4.69, 9.17) is 14.2 Å². The average Bonchev–Trinajstić information content (AvgIpc) is 3.80. The summed E-state index contributed by atoms with van der Waals surface area (Å²) in [5.41, 5.74) is 1.83. The lowest BCUT2D eigenvalue weighted by Crippen LogP contribution is -2.66. The van der Waals surface area contributed by atoms with E-state index in [0.717, 1.165) is 83.4 Å². The first-order valence-electron chi connectivity index (χ1n) is 18.1. The average molecular weight is 607 g/mol. The molecule has 7 rings (SSSR count). The molecule has 4 aliphatic carbocycles. The fourth-order valence-electron chi connectivity index (χ4n) is 11.2. The van der Waals surface area contributed by atoms with Crippen LogP contribution >= 0.6 is 0 Å². The maximum Gasteiger partial charge on any atom is 0.177 e. The van der Waals surface area contributed by atoms with Gasteiger partial charge in [-0.3, -0.25) is 0 Å². The molecule has 1 aromatic carbocycles. The number of likely N-dealkylation sites (tertiary alicyclic amines) is 2. The third-order valence-corrected chi connectivity index (χ3v) is 13.8. The van der Waals surface area contributed by atoms with Gasteiger partial charge in [0.2, 0.25) is 0 Å². The Hall–Kier alpha value is -1.44. The highest BCUT2D eigenvalue weighted by Gasteiger charge is 2.70. The van der Waals surface area contributed by atoms with Gasteiger partial charge in [-0.15, -0.1) is 0 Å². The second kappa shape index (κ2) is 12.3. The monoisotopic (exact) mass is 606 g/mol. The van der Waals surface area contributed by atoms with E-state index in [2.05, 4.69) is 54.0 Å². The molecule has 0 aromatic heterocycles. The molecule has 0 bridgehead atoms. The molecule has 6 heteroatoms. The summed E-state index contributed by atoms with van der Waals surface area (Å²) in [5, 5.41) is 13.0. The Kier molecular flexibility index (Phi) is 8.71. The van der Waals surface area contributed by atoms with Crippen molar-refractivity contribution in [1.82, 2.24) is 9.80 Å². The topological polar surface area (TPSA) is 54.4 Å². The molecule has 0 spiro atoms. The summed E-state index contributed by atoms with van der Waals surface area (Å²) < 4.78 is 19.8. The molecule has 2 heterocycles. The van der Waals surface area contributed by atoms with E-state index in [1.807, 2.05) is 0 Å². The van der Waals surface area contributed by atoms with Crippen LogP contribution in [-0.4, -0.2) is 85.9 Å². The molecule has 1 N–H and O–H groups in total. The number of aliphatic hydroxyl groups is 1. The Morgan fingerprint density at radius 3 is 2.05 bits per heavy atom. The van der Waals surface area contributed by atoms with Gasteiger partial charge in [-0.05, 0) is 132 Å². The van der Waals surface area contributed by atoms with Crippen LogP contribution in [0.5, 0.6) is 5.75 Å². The summed E-state index contributed by atoms with van der Waals surface area (Å²) in [4.78, 5) is 5.13. The van der Waals surface area contributed by atoms with Crippen LogP contribution in [-0.2, 0) is 9.47 Å². The minimum absolute atomic E-state index is 0.144. The number of hydrogen-bond acceptors (Lipinski definition) is 6. The number of methoxy groups -OCH3 is 1. The van der Waals surface area contributed by atoms with Crippen molar-refractivity contribution in [3.63, 3.8) is 0 Å². The molecule has 2 saturated heterocycles. The largest absolute Gasteiger partial charge is 0.497 e. The van der Waals surface area contributed by atoms with Crippen LogP contribution in [0.4, 0.5) is 0 Å². The van der Waals surface area contributed by atoms with E-state index >= 15 is 0 Å². The SMILES string of the molecule is COc1ccc([C@@H]2CC[C@]3(O)[C@@H]4CC=C5CCCC(OCCN6CCCC6)(OCCN6CCCC6)[C@]5(C)[C@H]4CC[C@]23C)cc1. The Morgan fingerprint density at radius 2 is 1.43 bits per heavy atom. The zero-order chi connectivity index (χ0) is 30.4. The lowest BCUT2D eigenvalue weighted by Gasteiger charge is -2.65. The Balaban J connectivity index is 1.18. The van der Waals surface area contributed by atoms with Gasteiger partial charge in [-0.25, -0.2) is 0 Å². The van der Waals surface area contributed by atoms with Crippen LogP contribution in [0.15, 0.2) is 35.9 Å². The van der Waals surface area contributed by atoms with Crippen LogP contribution in [0, 0.1) is 22.7 Å². The molecule has 6 aliphatic rings. The highest BCUT2D eigenvalue weighted by molar-refractivity contribution is 5.36. The second-order valence-corrected chi connectivity index (χ2v) is 15.5. The highest BCUT2D eigenvalue weighted by atomic mass is 16.7. The van der Waals surface area contributed by atoms with Gasteiger partial charge < -0.3 is 29.1 Å². The second-order valence-electron chi connectivity index (χ2n) is 15.5. The van der Waals surface area contributed by atoms with E-state index < -0.39 is 11.4 Å². The predicted molar refractivity (Wildman–Crippen MR) is 175 cm³/mol. The first-order chi connectivity index (χ1) is 21.3. The van der Waals surface area contributed by atoms with Crippen molar-refractivity contribution >= 4 is 0 Å². The van der Waals surface area contributed by atoms with E-state index in [-0.39, 0.29) is 16.7 Å². The van der Waals surface area contributed by atoms with E-state index in [0.29, 0.717) is 11.8 Å². The molecule has 5 fully saturated rings. The molecule has 0 unspecified atom stereocenters. The number of fused-ring (bicyclic) bond motifs is 5. The summed E-state index contributed by atoms with van der Waals surface area (Å²) in [6, 6.07) is 8.66. The van der Waals surface area contributed by atoms with E-state index in [1.165, 1.54) is 57.4 Å². The molecule has 6 nitrogen and oxygen atoms in total. The van der Waals surface area contributed by atoms with Gasteiger partial charge in [-0.2, -0.15) is 0 Å². The van der Waals surface area contributed by atoms with Crippen LogP contribution in [0.25, 0.3) is 0 Å². The number of allylic oxidation sites excluding steroid dienone is 1. The van der Waals surface area contributed by atoms with E-state index in [9.17, 15) is 5.11 Å². The minimum atomic E-state index is -0.695.